The summed E-state index contributed by atoms with van der Waals surface area (Å²) in [6, 6.07) is 2.99. The predicted molar refractivity (Wildman–Crippen MR) is 58.3 cm³/mol. The van der Waals surface area contributed by atoms with Gasteiger partial charge < -0.3 is 10.4 Å². The van der Waals surface area contributed by atoms with Crippen molar-refractivity contribution in [3.05, 3.63) is 28.0 Å². The number of halogens is 2. The lowest BCUT2D eigenvalue weighted by atomic mass is 10.3. The largest absolute Gasteiger partial charge is 0.392 e. The Morgan fingerprint density at radius 2 is 2.27 bits per heavy atom. The van der Waals surface area contributed by atoms with Crippen molar-refractivity contribution in [1.82, 2.24) is 10.3 Å². The van der Waals surface area contributed by atoms with Crippen LogP contribution in [0.3, 0.4) is 0 Å². The Balaban J connectivity index is 2.77. The van der Waals surface area contributed by atoms with Crippen LogP contribution < -0.4 is 5.32 Å². The van der Waals surface area contributed by atoms with E-state index in [2.05, 4.69) is 10.3 Å². The zero-order valence-electron chi connectivity index (χ0n) is 8.00. The summed E-state index contributed by atoms with van der Waals surface area (Å²) in [7, 11) is 0. The Labute approximate surface area is 97.2 Å². The van der Waals surface area contributed by atoms with Crippen molar-refractivity contribution in [3.8, 4) is 0 Å². The van der Waals surface area contributed by atoms with Gasteiger partial charge in [-0.2, -0.15) is 0 Å². The molecular formula is C9H10Cl2N2O2. The van der Waals surface area contributed by atoms with Gasteiger partial charge in [0, 0.05) is 6.54 Å². The summed E-state index contributed by atoms with van der Waals surface area (Å²) in [5.74, 6) is -0.455. The standard InChI is InChI=1S/C9H10Cl2N2O2/c1-5(14)4-12-9(15)8-6(10)2-3-7(11)13-8/h2-3,5,14H,4H2,1H3,(H,12,15). The van der Waals surface area contributed by atoms with Crippen LogP contribution in [0.25, 0.3) is 0 Å². The molecule has 0 saturated carbocycles. The van der Waals surface area contributed by atoms with Crippen LogP contribution in [-0.4, -0.2) is 28.6 Å². The van der Waals surface area contributed by atoms with Crippen molar-refractivity contribution >= 4 is 29.1 Å². The SMILES string of the molecule is CC(O)CNC(=O)c1nc(Cl)ccc1Cl. The van der Waals surface area contributed by atoms with E-state index in [4.69, 9.17) is 28.3 Å². The summed E-state index contributed by atoms with van der Waals surface area (Å²) in [6.07, 6.45) is -0.619. The van der Waals surface area contributed by atoms with Crippen molar-refractivity contribution in [2.75, 3.05) is 6.54 Å². The molecule has 0 aliphatic heterocycles. The van der Waals surface area contributed by atoms with E-state index in [1.54, 1.807) is 6.92 Å². The van der Waals surface area contributed by atoms with Gasteiger partial charge in [0.05, 0.1) is 11.1 Å². The Morgan fingerprint density at radius 3 is 2.87 bits per heavy atom. The Hall–Kier alpha value is -0.840. The molecule has 6 heteroatoms. The van der Waals surface area contributed by atoms with Crippen LogP contribution >= 0.6 is 23.2 Å². The van der Waals surface area contributed by atoms with Gasteiger partial charge in [0.25, 0.3) is 5.91 Å². The molecule has 0 saturated heterocycles. The van der Waals surface area contributed by atoms with Gasteiger partial charge in [-0.25, -0.2) is 4.98 Å². The van der Waals surface area contributed by atoms with E-state index in [1.165, 1.54) is 12.1 Å². The van der Waals surface area contributed by atoms with Gasteiger partial charge in [-0.3, -0.25) is 4.79 Å². The van der Waals surface area contributed by atoms with Gasteiger partial charge in [-0.15, -0.1) is 0 Å². The van der Waals surface area contributed by atoms with E-state index in [0.717, 1.165) is 0 Å². The van der Waals surface area contributed by atoms with Crippen molar-refractivity contribution in [1.29, 1.82) is 0 Å². The maximum Gasteiger partial charge on any atom is 0.271 e. The highest BCUT2D eigenvalue weighted by molar-refractivity contribution is 6.34. The second-order valence-electron chi connectivity index (χ2n) is 3.02. The fraction of sp³-hybridized carbons (Fsp3) is 0.333. The maximum atomic E-state index is 11.5. The zero-order chi connectivity index (χ0) is 11.4. The first-order valence-corrected chi connectivity index (χ1v) is 5.04. The number of aliphatic hydroxyl groups is 1. The van der Waals surface area contributed by atoms with Crippen molar-refractivity contribution in [2.24, 2.45) is 0 Å². The molecule has 1 aromatic heterocycles. The molecule has 4 nitrogen and oxygen atoms in total. The van der Waals surface area contributed by atoms with Crippen LogP contribution in [0.1, 0.15) is 17.4 Å². The number of aromatic nitrogens is 1. The Kier molecular flexibility index (Phi) is 4.32. The van der Waals surface area contributed by atoms with Gasteiger partial charge >= 0.3 is 0 Å². The summed E-state index contributed by atoms with van der Waals surface area (Å²) in [5, 5.41) is 11.9. The first-order valence-electron chi connectivity index (χ1n) is 4.29. The molecule has 15 heavy (non-hydrogen) atoms. The molecule has 0 fully saturated rings. The highest BCUT2D eigenvalue weighted by Crippen LogP contribution is 2.16. The average molecular weight is 249 g/mol. The molecule has 1 rings (SSSR count). The van der Waals surface area contributed by atoms with E-state index in [0.29, 0.717) is 0 Å². The summed E-state index contributed by atoms with van der Waals surface area (Å²) in [4.78, 5) is 15.3. The van der Waals surface area contributed by atoms with Crippen LogP contribution in [0.15, 0.2) is 12.1 Å². The number of hydrogen-bond donors (Lipinski definition) is 2. The minimum Gasteiger partial charge on any atom is -0.392 e. The summed E-state index contributed by atoms with van der Waals surface area (Å²) in [5.41, 5.74) is 0.0600. The van der Waals surface area contributed by atoms with Gasteiger partial charge in [-0.1, -0.05) is 23.2 Å². The molecule has 0 aromatic carbocycles. The third-order valence-corrected chi connectivity index (χ3v) is 2.10. The predicted octanol–water partition coefficient (Wildman–Crippen LogP) is 1.50. The van der Waals surface area contributed by atoms with Crippen LogP contribution in [-0.2, 0) is 0 Å². The molecule has 1 amide bonds. The minimum absolute atomic E-state index is 0.0600. The molecule has 0 bridgehead atoms. The lowest BCUT2D eigenvalue weighted by Crippen LogP contribution is -2.31. The molecule has 0 aliphatic carbocycles. The first kappa shape index (κ1) is 12.2. The smallest absolute Gasteiger partial charge is 0.271 e. The Bertz CT molecular complexity index is 369. The topological polar surface area (TPSA) is 62.2 Å². The molecule has 1 atom stereocenters. The van der Waals surface area contributed by atoms with Gasteiger partial charge in [0.2, 0.25) is 0 Å². The molecule has 1 heterocycles. The number of nitrogens with zero attached hydrogens (tertiary/aromatic N) is 1. The second kappa shape index (κ2) is 5.30. The van der Waals surface area contributed by atoms with E-state index in [-0.39, 0.29) is 22.4 Å². The Morgan fingerprint density at radius 1 is 1.60 bits per heavy atom. The minimum atomic E-state index is -0.619. The highest BCUT2D eigenvalue weighted by atomic mass is 35.5. The summed E-state index contributed by atoms with van der Waals surface area (Å²) >= 11 is 11.4. The second-order valence-corrected chi connectivity index (χ2v) is 3.82. The summed E-state index contributed by atoms with van der Waals surface area (Å²) < 4.78 is 0. The summed E-state index contributed by atoms with van der Waals surface area (Å²) in [6.45, 7) is 1.71. The fourth-order valence-electron chi connectivity index (χ4n) is 0.902. The lowest BCUT2D eigenvalue weighted by Gasteiger charge is -2.07. The zero-order valence-corrected chi connectivity index (χ0v) is 9.51. The van der Waals surface area contributed by atoms with Crippen LogP contribution in [0.5, 0.6) is 0 Å². The molecule has 0 radical (unpaired) electrons. The van der Waals surface area contributed by atoms with Crippen molar-refractivity contribution in [3.63, 3.8) is 0 Å². The number of rotatable bonds is 3. The van der Waals surface area contributed by atoms with Crippen LogP contribution in [0.2, 0.25) is 10.2 Å². The monoisotopic (exact) mass is 248 g/mol. The molecule has 2 N–H and O–H groups in total. The van der Waals surface area contributed by atoms with E-state index in [9.17, 15) is 4.79 Å². The van der Waals surface area contributed by atoms with Crippen LogP contribution in [0, 0.1) is 0 Å². The maximum absolute atomic E-state index is 11.5. The van der Waals surface area contributed by atoms with Crippen LogP contribution in [0.4, 0.5) is 0 Å². The van der Waals surface area contributed by atoms with Gasteiger partial charge in [0.15, 0.2) is 0 Å². The van der Waals surface area contributed by atoms with Gasteiger partial charge in [-0.05, 0) is 19.1 Å². The van der Waals surface area contributed by atoms with E-state index in [1.807, 2.05) is 0 Å². The number of carbonyl (C=O) groups is 1. The lowest BCUT2D eigenvalue weighted by molar-refractivity contribution is 0.0919. The number of carbonyl (C=O) groups excluding carboxylic acids is 1. The number of nitrogens with one attached hydrogen (secondary N) is 1. The number of hydrogen-bond acceptors (Lipinski definition) is 3. The fourth-order valence-corrected chi connectivity index (χ4v) is 1.24. The first-order chi connectivity index (χ1) is 7.00. The normalized spacial score (nSPS) is 12.3. The van der Waals surface area contributed by atoms with E-state index >= 15 is 0 Å². The molecule has 0 spiro atoms. The molecule has 1 aromatic rings. The quantitative estimate of drug-likeness (QED) is 0.798. The van der Waals surface area contributed by atoms with Crippen molar-refractivity contribution in [2.45, 2.75) is 13.0 Å². The molecule has 1 unspecified atom stereocenters. The highest BCUT2D eigenvalue weighted by Gasteiger charge is 2.12. The number of pyridine rings is 1. The van der Waals surface area contributed by atoms with Gasteiger partial charge in [0.1, 0.15) is 10.8 Å². The third-order valence-electron chi connectivity index (χ3n) is 1.59. The molecular weight excluding hydrogens is 239 g/mol. The number of aliphatic hydroxyl groups excluding tert-OH is 1. The average Bonchev–Trinajstić information content (AvgIpc) is 2.18. The molecule has 82 valence electrons. The number of amides is 1. The molecule has 0 aliphatic rings. The van der Waals surface area contributed by atoms with E-state index < -0.39 is 12.0 Å². The van der Waals surface area contributed by atoms with Crippen molar-refractivity contribution < 1.29 is 9.90 Å². The third kappa shape index (κ3) is 3.66.